The predicted molar refractivity (Wildman–Crippen MR) is 111 cm³/mol. The van der Waals surface area contributed by atoms with Gasteiger partial charge in [-0.2, -0.15) is 0 Å². The lowest BCUT2D eigenvalue weighted by atomic mass is 10.0. The Morgan fingerprint density at radius 3 is 2.66 bits per heavy atom. The number of halogens is 1. The molecule has 0 aliphatic heterocycles. The molecule has 2 heterocycles. The third kappa shape index (κ3) is 3.18. The number of aryl methyl sites for hydroxylation is 1. The van der Waals surface area contributed by atoms with E-state index in [2.05, 4.69) is 10.3 Å². The fourth-order valence-corrected chi connectivity index (χ4v) is 3.67. The van der Waals surface area contributed by atoms with Crippen molar-refractivity contribution >= 4 is 28.7 Å². The van der Waals surface area contributed by atoms with E-state index >= 15 is 0 Å². The Hall–Kier alpha value is -3.48. The fourth-order valence-electron chi connectivity index (χ4n) is 3.67. The van der Waals surface area contributed by atoms with Gasteiger partial charge in [0.25, 0.3) is 5.91 Å². The molecule has 148 valence electrons. The number of carbonyl (C=O) groups is 1. The number of rotatable bonds is 5. The van der Waals surface area contributed by atoms with Gasteiger partial charge in [0.1, 0.15) is 17.2 Å². The maximum Gasteiger partial charge on any atom is 0.268 e. The molecule has 1 aliphatic rings. The molecule has 4 N–H and O–H groups in total. The molecule has 1 fully saturated rings. The number of amides is 1. The maximum atomic E-state index is 14.2. The Balaban J connectivity index is 1.69. The van der Waals surface area contributed by atoms with Gasteiger partial charge >= 0.3 is 0 Å². The van der Waals surface area contributed by atoms with Crippen molar-refractivity contribution in [2.24, 2.45) is 12.8 Å². The minimum absolute atomic E-state index is 0.273. The highest BCUT2D eigenvalue weighted by Crippen LogP contribution is 2.46. The van der Waals surface area contributed by atoms with Crippen LogP contribution in [-0.2, 0) is 12.6 Å². The van der Waals surface area contributed by atoms with Gasteiger partial charge in [-0.1, -0.05) is 18.2 Å². The minimum Gasteiger partial charge on any atom is -0.402 e. The molecule has 0 bridgehead atoms. The summed E-state index contributed by atoms with van der Waals surface area (Å²) in [6, 6.07) is 12.0. The van der Waals surface area contributed by atoms with Gasteiger partial charge in [-0.05, 0) is 44.0 Å². The van der Waals surface area contributed by atoms with Crippen molar-refractivity contribution in [3.8, 4) is 0 Å². The first-order valence-corrected chi connectivity index (χ1v) is 9.37. The summed E-state index contributed by atoms with van der Waals surface area (Å²) in [6.45, 7) is 1.72. The largest absolute Gasteiger partial charge is 0.402 e. The second-order valence-electron chi connectivity index (χ2n) is 7.46. The number of allylic oxidation sites excluding steroid dienone is 2. The van der Waals surface area contributed by atoms with E-state index in [4.69, 9.17) is 11.1 Å². The second-order valence-corrected chi connectivity index (χ2v) is 7.46. The van der Waals surface area contributed by atoms with Crippen LogP contribution in [-0.4, -0.2) is 21.7 Å². The van der Waals surface area contributed by atoms with Gasteiger partial charge in [0, 0.05) is 35.5 Å². The van der Waals surface area contributed by atoms with Crippen LogP contribution in [0.25, 0.3) is 16.6 Å². The zero-order valence-corrected chi connectivity index (χ0v) is 16.3. The fraction of sp³-hybridized carbons (Fsp3) is 0.227. The smallest absolute Gasteiger partial charge is 0.268 e. The van der Waals surface area contributed by atoms with Crippen LogP contribution in [0.2, 0.25) is 0 Å². The van der Waals surface area contributed by atoms with E-state index in [-0.39, 0.29) is 11.7 Å². The lowest BCUT2D eigenvalue weighted by molar-refractivity contribution is 0.0922. The van der Waals surface area contributed by atoms with Gasteiger partial charge < -0.3 is 21.0 Å². The van der Waals surface area contributed by atoms with Gasteiger partial charge in [-0.3, -0.25) is 4.79 Å². The molecule has 0 atom stereocenters. The molecular weight excluding hydrogens is 369 g/mol. The average molecular weight is 391 g/mol. The van der Waals surface area contributed by atoms with E-state index < -0.39 is 5.54 Å². The highest BCUT2D eigenvalue weighted by molar-refractivity contribution is 6.09. The van der Waals surface area contributed by atoms with Crippen molar-refractivity contribution < 1.29 is 9.18 Å². The van der Waals surface area contributed by atoms with Gasteiger partial charge in [0.15, 0.2) is 0 Å². The van der Waals surface area contributed by atoms with Gasteiger partial charge in [-0.15, -0.1) is 0 Å². The SMILES string of the molecule is C/C(N)=C(/C=N)c1ccc2cc(C(=O)NC3(c4ccccc4F)CC3)n(C)c2n1. The zero-order chi connectivity index (χ0) is 20.8. The monoisotopic (exact) mass is 391 g/mol. The molecular formula is C22H22FN5O. The second kappa shape index (κ2) is 6.84. The molecule has 0 unspecified atom stereocenters. The Morgan fingerprint density at radius 1 is 1.31 bits per heavy atom. The molecule has 4 rings (SSSR count). The van der Waals surface area contributed by atoms with Gasteiger partial charge in [-0.25, -0.2) is 9.37 Å². The summed E-state index contributed by atoms with van der Waals surface area (Å²) in [5.41, 5.74) is 8.39. The summed E-state index contributed by atoms with van der Waals surface area (Å²) in [7, 11) is 1.76. The Labute approximate surface area is 167 Å². The summed E-state index contributed by atoms with van der Waals surface area (Å²) in [4.78, 5) is 17.6. The number of hydrogen-bond donors (Lipinski definition) is 3. The van der Waals surface area contributed by atoms with Gasteiger partial charge in [0.05, 0.1) is 11.2 Å². The molecule has 2 aromatic heterocycles. The van der Waals surface area contributed by atoms with Crippen molar-refractivity contribution in [1.29, 1.82) is 5.41 Å². The Morgan fingerprint density at radius 2 is 2.03 bits per heavy atom. The number of nitrogens with zero attached hydrogens (tertiary/aromatic N) is 2. The summed E-state index contributed by atoms with van der Waals surface area (Å²) < 4.78 is 16.0. The van der Waals surface area contributed by atoms with Crippen molar-refractivity contribution in [3.05, 3.63) is 70.9 Å². The third-order valence-electron chi connectivity index (χ3n) is 5.45. The van der Waals surface area contributed by atoms with Crippen molar-refractivity contribution in [1.82, 2.24) is 14.9 Å². The first-order chi connectivity index (χ1) is 13.9. The molecule has 1 amide bonds. The van der Waals surface area contributed by atoms with Crippen molar-refractivity contribution in [2.45, 2.75) is 25.3 Å². The number of hydrogen-bond acceptors (Lipinski definition) is 4. The maximum absolute atomic E-state index is 14.2. The first-order valence-electron chi connectivity index (χ1n) is 9.37. The highest BCUT2D eigenvalue weighted by atomic mass is 19.1. The quantitative estimate of drug-likeness (QED) is 0.581. The molecule has 3 aromatic rings. The van der Waals surface area contributed by atoms with Crippen LogP contribution < -0.4 is 11.1 Å². The van der Waals surface area contributed by atoms with Crippen LogP contribution in [0.3, 0.4) is 0 Å². The summed E-state index contributed by atoms with van der Waals surface area (Å²) >= 11 is 0. The molecule has 0 saturated heterocycles. The summed E-state index contributed by atoms with van der Waals surface area (Å²) in [5, 5.41) is 11.4. The number of aromatic nitrogens is 2. The number of nitrogens with two attached hydrogens (primary N) is 1. The number of pyridine rings is 1. The van der Waals surface area contributed by atoms with Crippen LogP contribution >= 0.6 is 0 Å². The van der Waals surface area contributed by atoms with Crippen LogP contribution in [0, 0.1) is 11.2 Å². The third-order valence-corrected chi connectivity index (χ3v) is 5.45. The van der Waals surface area contributed by atoms with E-state index in [1.165, 1.54) is 12.3 Å². The molecule has 6 nitrogen and oxygen atoms in total. The number of fused-ring (bicyclic) bond motifs is 1. The zero-order valence-electron chi connectivity index (χ0n) is 16.3. The lowest BCUT2D eigenvalue weighted by Gasteiger charge is -2.18. The average Bonchev–Trinajstić information content (AvgIpc) is 3.39. The topological polar surface area (TPSA) is 96.8 Å². The van der Waals surface area contributed by atoms with E-state index in [9.17, 15) is 9.18 Å². The normalized spacial score (nSPS) is 15.7. The minimum atomic E-state index is -0.649. The molecule has 0 radical (unpaired) electrons. The Kier molecular flexibility index (Phi) is 4.45. The van der Waals surface area contributed by atoms with E-state index in [1.54, 1.807) is 48.9 Å². The summed E-state index contributed by atoms with van der Waals surface area (Å²) in [5.74, 6) is -0.581. The van der Waals surface area contributed by atoms with Crippen LogP contribution in [0.15, 0.2) is 48.2 Å². The van der Waals surface area contributed by atoms with E-state index in [1.807, 2.05) is 6.07 Å². The predicted octanol–water partition coefficient (Wildman–Crippen LogP) is 3.47. The standard InChI is InChI=1S/C22H22FN5O/c1-13(25)15(12-24)18-8-7-14-11-19(28(2)20(14)26-18)21(29)27-22(9-10-22)16-5-3-4-6-17(16)23/h3-8,11-12,24H,9-10,25H2,1-2H3,(H,27,29)/b15-13+,24-12?. The molecule has 1 aromatic carbocycles. The van der Waals surface area contributed by atoms with E-state index in [0.717, 1.165) is 5.39 Å². The molecule has 1 saturated carbocycles. The number of nitrogens with one attached hydrogen (secondary N) is 2. The number of benzene rings is 1. The number of carbonyl (C=O) groups excluding carboxylic acids is 1. The van der Waals surface area contributed by atoms with Gasteiger partial charge in [0.2, 0.25) is 0 Å². The van der Waals surface area contributed by atoms with Crippen LogP contribution in [0.4, 0.5) is 4.39 Å². The molecule has 1 aliphatic carbocycles. The van der Waals surface area contributed by atoms with Crippen molar-refractivity contribution in [3.63, 3.8) is 0 Å². The van der Waals surface area contributed by atoms with Crippen molar-refractivity contribution in [2.75, 3.05) is 0 Å². The highest BCUT2D eigenvalue weighted by Gasteiger charge is 2.47. The van der Waals surface area contributed by atoms with Crippen LogP contribution in [0.5, 0.6) is 0 Å². The Bertz CT molecular complexity index is 1170. The molecule has 7 heteroatoms. The van der Waals surface area contributed by atoms with E-state index in [0.29, 0.717) is 46.7 Å². The lowest BCUT2D eigenvalue weighted by Crippen LogP contribution is -2.36. The first kappa shape index (κ1) is 18.9. The summed E-state index contributed by atoms with van der Waals surface area (Å²) in [6.07, 6.45) is 2.58. The molecule has 0 spiro atoms. The molecule has 29 heavy (non-hydrogen) atoms. The van der Waals surface area contributed by atoms with Crippen LogP contribution in [0.1, 0.15) is 41.5 Å².